The fraction of sp³-hybridized carbons (Fsp3) is 0.478. The molecule has 2 aromatic heterocycles. The molecule has 0 saturated heterocycles. The number of aryl methyl sites for hydroxylation is 1. The van der Waals surface area contributed by atoms with E-state index in [1.807, 2.05) is 37.5 Å². The highest BCUT2D eigenvalue weighted by Crippen LogP contribution is 2.42. The number of alkyl carbamates (subject to hydrolysis) is 1. The second-order valence-electron chi connectivity index (χ2n) is 9.64. The molecule has 3 N–H and O–H groups in total. The number of rotatable bonds is 7. The van der Waals surface area contributed by atoms with Gasteiger partial charge in [0.05, 0.1) is 6.33 Å². The number of ether oxygens (including phenoxy) is 3. The van der Waals surface area contributed by atoms with Crippen LogP contribution in [0, 0.1) is 11.3 Å². The van der Waals surface area contributed by atoms with Crippen molar-refractivity contribution in [3.63, 3.8) is 0 Å². The third kappa shape index (κ3) is 5.58. The zero-order valence-corrected chi connectivity index (χ0v) is 22.1. The normalized spacial score (nSPS) is 15.9. The average molecular weight is 563 g/mol. The Kier molecular flexibility index (Phi) is 6.43. The Morgan fingerprint density at radius 3 is 2.83 bits per heavy atom. The first kappa shape index (κ1) is 24.0. The number of imidazole rings is 1. The smallest absolute Gasteiger partial charge is 0.407 e. The lowest BCUT2D eigenvalue weighted by Gasteiger charge is -2.24. The highest BCUT2D eigenvalue weighted by Gasteiger charge is 2.33. The second kappa shape index (κ2) is 9.38. The van der Waals surface area contributed by atoms with Crippen LogP contribution in [0.3, 0.4) is 0 Å². The van der Waals surface area contributed by atoms with E-state index in [-0.39, 0.29) is 18.3 Å². The minimum Gasteiger partial charge on any atom is -0.454 e. The van der Waals surface area contributed by atoms with E-state index < -0.39 is 11.7 Å². The SMILES string of the molecule is CC(C)(C)OC(=O)NC(CCn1cnc(=N)c2[nH]c(Sc3cc4c(cc3Br)OCO4)nc21)C1CC1. The van der Waals surface area contributed by atoms with Crippen LogP contribution in [0.25, 0.3) is 11.2 Å². The van der Waals surface area contributed by atoms with Crippen LogP contribution in [0.1, 0.15) is 40.0 Å². The lowest BCUT2D eigenvalue weighted by molar-refractivity contribution is 0.0494. The topological polar surface area (TPSA) is 127 Å². The summed E-state index contributed by atoms with van der Waals surface area (Å²) in [5.41, 5.74) is 0.806. The van der Waals surface area contributed by atoms with Gasteiger partial charge in [-0.05, 0) is 74.0 Å². The van der Waals surface area contributed by atoms with E-state index in [4.69, 9.17) is 24.6 Å². The zero-order valence-electron chi connectivity index (χ0n) is 19.7. The molecule has 35 heavy (non-hydrogen) atoms. The molecule has 1 aliphatic heterocycles. The van der Waals surface area contributed by atoms with Crippen LogP contribution in [0.2, 0.25) is 0 Å². The molecule has 3 aromatic rings. The van der Waals surface area contributed by atoms with Gasteiger partial charge in [0.1, 0.15) is 11.1 Å². The van der Waals surface area contributed by atoms with Gasteiger partial charge in [-0.2, -0.15) is 0 Å². The van der Waals surface area contributed by atoms with E-state index in [0.717, 1.165) is 22.2 Å². The summed E-state index contributed by atoms with van der Waals surface area (Å²) in [5.74, 6) is 1.84. The van der Waals surface area contributed by atoms with Gasteiger partial charge in [-0.15, -0.1) is 0 Å². The summed E-state index contributed by atoms with van der Waals surface area (Å²) >= 11 is 5.01. The Balaban J connectivity index is 1.33. The molecule has 10 nitrogen and oxygen atoms in total. The van der Waals surface area contributed by atoms with Crippen LogP contribution < -0.4 is 20.3 Å². The second-order valence-corrected chi connectivity index (χ2v) is 11.5. The number of hydrogen-bond acceptors (Lipinski definition) is 8. The maximum absolute atomic E-state index is 12.3. The summed E-state index contributed by atoms with van der Waals surface area (Å²) < 4.78 is 19.2. The van der Waals surface area contributed by atoms with E-state index >= 15 is 0 Å². The number of carbonyl (C=O) groups excluding carboxylic acids is 1. The standard InChI is InChI=1S/C23H27BrN6O4S/c1-23(2,3)34-22(31)27-14(12-4-5-12)6-7-30-10-26-19(25)18-20(30)29-21(28-18)35-17-9-16-15(8-13(17)24)32-11-33-16/h8-10,12,14,25H,4-7,11H2,1-3H3,(H,27,31)(H,28,29). The minimum absolute atomic E-state index is 0.0143. The fourth-order valence-corrected chi connectivity index (χ4v) is 5.30. The van der Waals surface area contributed by atoms with Crippen LogP contribution in [-0.4, -0.2) is 44.0 Å². The van der Waals surface area contributed by atoms with Crippen LogP contribution >= 0.6 is 27.7 Å². The van der Waals surface area contributed by atoms with Gasteiger partial charge in [-0.3, -0.25) is 5.41 Å². The largest absolute Gasteiger partial charge is 0.454 e. The lowest BCUT2D eigenvalue weighted by atomic mass is 10.1. The van der Waals surface area contributed by atoms with Crippen molar-refractivity contribution in [3.8, 4) is 11.5 Å². The van der Waals surface area contributed by atoms with Gasteiger partial charge in [0.2, 0.25) is 6.79 Å². The number of nitrogens with zero attached hydrogens (tertiary/aromatic N) is 3. The van der Waals surface area contributed by atoms with Crippen molar-refractivity contribution in [2.45, 2.75) is 68.3 Å². The highest BCUT2D eigenvalue weighted by molar-refractivity contribution is 9.10. The van der Waals surface area contributed by atoms with Crippen LogP contribution in [0.4, 0.5) is 4.79 Å². The molecule has 1 aromatic carbocycles. The molecule has 12 heteroatoms. The molecule has 186 valence electrons. The number of nitrogens with one attached hydrogen (secondary N) is 3. The van der Waals surface area contributed by atoms with E-state index in [1.165, 1.54) is 11.8 Å². The number of fused-ring (bicyclic) bond motifs is 2. The van der Waals surface area contributed by atoms with Crippen LogP contribution in [0.5, 0.6) is 11.5 Å². The molecule has 0 bridgehead atoms. The Hall–Kier alpha value is -2.73. The number of hydrogen-bond donors (Lipinski definition) is 3. The first-order valence-electron chi connectivity index (χ1n) is 11.4. The molecule has 0 radical (unpaired) electrons. The molecule has 1 saturated carbocycles. The quantitative estimate of drug-likeness (QED) is 0.384. The molecule has 1 unspecified atom stereocenters. The molecular formula is C23H27BrN6O4S. The molecule has 0 spiro atoms. The fourth-order valence-electron chi connectivity index (χ4n) is 3.92. The van der Waals surface area contributed by atoms with Gasteiger partial charge in [-0.1, -0.05) is 11.8 Å². The van der Waals surface area contributed by atoms with Gasteiger partial charge in [-0.25, -0.2) is 14.8 Å². The Morgan fingerprint density at radius 1 is 1.37 bits per heavy atom. The molecule has 3 heterocycles. The van der Waals surface area contributed by atoms with Crippen molar-refractivity contribution >= 4 is 44.9 Å². The predicted octanol–water partition coefficient (Wildman–Crippen LogP) is 4.57. The first-order valence-corrected chi connectivity index (χ1v) is 13.0. The van der Waals surface area contributed by atoms with Crippen molar-refractivity contribution in [2.75, 3.05) is 6.79 Å². The van der Waals surface area contributed by atoms with Gasteiger partial charge in [0.15, 0.2) is 27.8 Å². The molecule has 1 aliphatic carbocycles. The summed E-state index contributed by atoms with van der Waals surface area (Å²) in [6, 6.07) is 3.79. The summed E-state index contributed by atoms with van der Waals surface area (Å²) in [6.45, 7) is 6.38. The Labute approximate surface area is 214 Å². The summed E-state index contributed by atoms with van der Waals surface area (Å²) in [4.78, 5) is 25.5. The number of amides is 1. The maximum atomic E-state index is 12.3. The van der Waals surface area contributed by atoms with E-state index in [9.17, 15) is 4.79 Å². The van der Waals surface area contributed by atoms with Gasteiger partial charge in [0, 0.05) is 22.0 Å². The van der Waals surface area contributed by atoms with E-state index in [2.05, 4.69) is 31.2 Å². The maximum Gasteiger partial charge on any atom is 0.407 e. The Bertz CT molecular complexity index is 1330. The summed E-state index contributed by atoms with van der Waals surface area (Å²) in [5, 5.41) is 11.9. The minimum atomic E-state index is -0.539. The van der Waals surface area contributed by atoms with Crippen molar-refractivity contribution < 1.29 is 19.0 Å². The monoisotopic (exact) mass is 562 g/mol. The van der Waals surface area contributed by atoms with Crippen molar-refractivity contribution in [1.82, 2.24) is 24.8 Å². The molecule has 2 aliphatic rings. The average Bonchev–Trinajstić information content (AvgIpc) is 3.37. The van der Waals surface area contributed by atoms with Gasteiger partial charge >= 0.3 is 6.09 Å². The molecular weight excluding hydrogens is 536 g/mol. The number of aromatic amines is 1. The molecule has 5 rings (SSSR count). The zero-order chi connectivity index (χ0) is 24.7. The number of halogens is 1. The summed E-state index contributed by atoms with van der Waals surface area (Å²) in [7, 11) is 0. The lowest BCUT2D eigenvalue weighted by Crippen LogP contribution is -2.40. The number of H-pyrrole nitrogens is 1. The van der Waals surface area contributed by atoms with Crippen molar-refractivity contribution in [3.05, 3.63) is 28.4 Å². The third-order valence-electron chi connectivity index (χ3n) is 5.71. The van der Waals surface area contributed by atoms with Crippen molar-refractivity contribution in [1.29, 1.82) is 5.41 Å². The van der Waals surface area contributed by atoms with Gasteiger partial charge < -0.3 is 29.1 Å². The third-order valence-corrected chi connectivity index (χ3v) is 7.57. The Morgan fingerprint density at radius 2 is 2.11 bits per heavy atom. The van der Waals surface area contributed by atoms with Crippen LogP contribution in [0.15, 0.2) is 33.0 Å². The first-order chi connectivity index (χ1) is 16.7. The molecule has 1 atom stereocenters. The number of benzene rings is 1. The number of carbonyl (C=O) groups is 1. The van der Waals surface area contributed by atoms with E-state index in [1.54, 1.807) is 6.33 Å². The molecule has 1 amide bonds. The van der Waals surface area contributed by atoms with Crippen molar-refractivity contribution in [2.24, 2.45) is 5.92 Å². The highest BCUT2D eigenvalue weighted by atomic mass is 79.9. The van der Waals surface area contributed by atoms with Gasteiger partial charge in [0.25, 0.3) is 0 Å². The number of aromatic nitrogens is 4. The molecule has 1 fully saturated rings. The van der Waals surface area contributed by atoms with E-state index in [0.29, 0.717) is 46.7 Å². The summed E-state index contributed by atoms with van der Waals surface area (Å²) in [6.07, 6.45) is 4.15. The predicted molar refractivity (Wildman–Crippen MR) is 133 cm³/mol. The van der Waals surface area contributed by atoms with Crippen LogP contribution in [-0.2, 0) is 11.3 Å².